The Morgan fingerprint density at radius 2 is 2.11 bits per heavy atom. The van der Waals surface area contributed by atoms with Gasteiger partial charge >= 0.3 is 0 Å². The number of rotatable bonds is 5. The molecule has 1 atom stereocenters. The van der Waals surface area contributed by atoms with Crippen LogP contribution in [0, 0.1) is 12.3 Å². The van der Waals surface area contributed by atoms with Crippen molar-refractivity contribution >= 4 is 0 Å². The van der Waals surface area contributed by atoms with Crippen LogP contribution in [-0.4, -0.2) is 19.3 Å². The van der Waals surface area contributed by atoms with Gasteiger partial charge < -0.3 is 14.8 Å². The van der Waals surface area contributed by atoms with Gasteiger partial charge in [0.2, 0.25) is 0 Å². The maximum Gasteiger partial charge on any atom is 0.161 e. The molecule has 0 aromatic heterocycles. The molecule has 1 aromatic rings. The van der Waals surface area contributed by atoms with Gasteiger partial charge in [-0.15, -0.1) is 12.3 Å². The van der Waals surface area contributed by atoms with E-state index in [1.54, 1.807) is 0 Å². The topological polar surface area (TPSA) is 30.5 Å². The molecular formula is C16H21NO2. The third-order valence-corrected chi connectivity index (χ3v) is 3.26. The van der Waals surface area contributed by atoms with E-state index in [1.807, 2.05) is 6.07 Å². The van der Waals surface area contributed by atoms with Crippen LogP contribution in [0.25, 0.3) is 0 Å². The Kier molecular flexibility index (Phi) is 5.11. The van der Waals surface area contributed by atoms with E-state index in [0.717, 1.165) is 50.5 Å². The van der Waals surface area contributed by atoms with Gasteiger partial charge in [-0.2, -0.15) is 0 Å². The van der Waals surface area contributed by atoms with E-state index in [4.69, 9.17) is 15.9 Å². The lowest BCUT2D eigenvalue weighted by Crippen LogP contribution is -2.27. The Morgan fingerprint density at radius 3 is 2.84 bits per heavy atom. The lowest BCUT2D eigenvalue weighted by molar-refractivity contribution is 0.297. The van der Waals surface area contributed by atoms with Crippen LogP contribution in [0.1, 0.15) is 31.7 Å². The molecule has 1 N–H and O–H groups in total. The van der Waals surface area contributed by atoms with Gasteiger partial charge in [0.05, 0.1) is 13.2 Å². The van der Waals surface area contributed by atoms with Crippen LogP contribution < -0.4 is 14.8 Å². The summed E-state index contributed by atoms with van der Waals surface area (Å²) in [4.78, 5) is 0. The molecular weight excluding hydrogens is 238 g/mol. The Hall–Kier alpha value is -1.66. The monoisotopic (exact) mass is 259 g/mol. The van der Waals surface area contributed by atoms with Gasteiger partial charge in [-0.05, 0) is 24.1 Å². The highest BCUT2D eigenvalue weighted by Gasteiger charge is 2.11. The molecule has 0 spiro atoms. The Morgan fingerprint density at radius 1 is 1.32 bits per heavy atom. The van der Waals surface area contributed by atoms with Crippen molar-refractivity contribution in [3.63, 3.8) is 0 Å². The zero-order valence-electron chi connectivity index (χ0n) is 11.4. The normalized spacial score (nSPS) is 15.4. The highest BCUT2D eigenvalue weighted by molar-refractivity contribution is 5.43. The number of ether oxygens (including phenoxy) is 2. The third kappa shape index (κ3) is 3.90. The van der Waals surface area contributed by atoms with Crippen molar-refractivity contribution < 1.29 is 9.47 Å². The molecule has 2 rings (SSSR count). The molecule has 3 nitrogen and oxygen atoms in total. The minimum absolute atomic E-state index is 0.376. The molecule has 102 valence electrons. The fourth-order valence-corrected chi connectivity index (χ4v) is 2.08. The highest BCUT2D eigenvalue weighted by Crippen LogP contribution is 2.30. The van der Waals surface area contributed by atoms with Crippen LogP contribution in [0.5, 0.6) is 11.5 Å². The zero-order valence-corrected chi connectivity index (χ0v) is 11.4. The molecule has 1 aliphatic rings. The van der Waals surface area contributed by atoms with Crippen LogP contribution in [-0.2, 0) is 6.54 Å². The molecule has 0 fully saturated rings. The Labute approximate surface area is 115 Å². The van der Waals surface area contributed by atoms with E-state index in [-0.39, 0.29) is 0 Å². The molecule has 19 heavy (non-hydrogen) atoms. The summed E-state index contributed by atoms with van der Waals surface area (Å²) in [5.74, 6) is 4.40. The first-order valence-corrected chi connectivity index (χ1v) is 6.89. The van der Waals surface area contributed by atoms with Crippen molar-refractivity contribution in [1.29, 1.82) is 0 Å². The number of hydrogen-bond donors (Lipinski definition) is 1. The first-order valence-electron chi connectivity index (χ1n) is 6.89. The van der Waals surface area contributed by atoms with Crippen LogP contribution in [0.4, 0.5) is 0 Å². The van der Waals surface area contributed by atoms with E-state index < -0.39 is 0 Å². The van der Waals surface area contributed by atoms with Crippen LogP contribution >= 0.6 is 0 Å². The maximum absolute atomic E-state index is 5.68. The third-order valence-electron chi connectivity index (χ3n) is 3.26. The minimum atomic E-state index is 0.376. The second-order valence-corrected chi connectivity index (χ2v) is 4.73. The van der Waals surface area contributed by atoms with Crippen LogP contribution in [0.15, 0.2) is 18.2 Å². The molecule has 0 bridgehead atoms. The van der Waals surface area contributed by atoms with Gasteiger partial charge in [-0.3, -0.25) is 0 Å². The summed E-state index contributed by atoms with van der Waals surface area (Å²) in [7, 11) is 0. The highest BCUT2D eigenvalue weighted by atomic mass is 16.5. The fourth-order valence-electron chi connectivity index (χ4n) is 2.08. The lowest BCUT2D eigenvalue weighted by Gasteiger charge is -2.15. The second-order valence-electron chi connectivity index (χ2n) is 4.73. The molecule has 0 saturated carbocycles. The summed E-state index contributed by atoms with van der Waals surface area (Å²) in [5, 5.41) is 3.47. The standard InChI is InChI=1S/C16H21NO2/c1-3-6-14(4-2)17-12-13-7-8-15-16(11-13)19-10-5-9-18-15/h1,7-8,11,14,17H,4-6,9-10,12H2,2H3. The largest absolute Gasteiger partial charge is 0.490 e. The summed E-state index contributed by atoms with van der Waals surface area (Å²) in [6.45, 7) is 4.39. The molecule has 1 aliphatic heterocycles. The van der Waals surface area contributed by atoms with Crippen molar-refractivity contribution in [3.8, 4) is 23.8 Å². The summed E-state index contributed by atoms with van der Waals surface area (Å²) >= 11 is 0. The number of nitrogens with one attached hydrogen (secondary N) is 1. The average Bonchev–Trinajstić information content (AvgIpc) is 2.68. The van der Waals surface area contributed by atoms with Crippen LogP contribution in [0.3, 0.4) is 0 Å². The zero-order chi connectivity index (χ0) is 13.5. The molecule has 0 aliphatic carbocycles. The van der Waals surface area contributed by atoms with Gasteiger partial charge in [-0.25, -0.2) is 0 Å². The van der Waals surface area contributed by atoms with E-state index >= 15 is 0 Å². The number of terminal acetylenes is 1. The SMILES string of the molecule is C#CCC(CC)NCc1ccc2c(c1)OCCCO2. The van der Waals surface area contributed by atoms with Crippen molar-refractivity contribution in [2.45, 2.75) is 38.8 Å². The Balaban J connectivity index is 1.98. The Bertz CT molecular complexity index is 451. The number of hydrogen-bond acceptors (Lipinski definition) is 3. The molecule has 1 unspecified atom stereocenters. The quantitative estimate of drug-likeness (QED) is 0.825. The predicted molar refractivity (Wildman–Crippen MR) is 76.4 cm³/mol. The molecule has 1 aromatic carbocycles. The molecule has 0 saturated heterocycles. The maximum atomic E-state index is 5.68. The molecule has 0 amide bonds. The van der Waals surface area contributed by atoms with E-state index in [2.05, 4.69) is 30.3 Å². The molecule has 1 heterocycles. The van der Waals surface area contributed by atoms with Crippen molar-refractivity contribution in [1.82, 2.24) is 5.32 Å². The summed E-state index contributed by atoms with van der Waals surface area (Å²) < 4.78 is 11.3. The van der Waals surface area contributed by atoms with E-state index in [1.165, 1.54) is 5.56 Å². The van der Waals surface area contributed by atoms with Gasteiger partial charge in [0.15, 0.2) is 11.5 Å². The van der Waals surface area contributed by atoms with Gasteiger partial charge in [0.1, 0.15) is 0 Å². The van der Waals surface area contributed by atoms with Gasteiger partial charge in [-0.1, -0.05) is 13.0 Å². The first kappa shape index (κ1) is 13.8. The van der Waals surface area contributed by atoms with Gasteiger partial charge in [0.25, 0.3) is 0 Å². The predicted octanol–water partition coefficient (Wildman–Crippen LogP) is 2.74. The summed E-state index contributed by atoms with van der Waals surface area (Å²) in [6.07, 6.45) is 8.09. The minimum Gasteiger partial charge on any atom is -0.490 e. The average molecular weight is 259 g/mol. The van der Waals surface area contributed by atoms with Gasteiger partial charge in [0, 0.05) is 25.4 Å². The van der Waals surface area contributed by atoms with E-state index in [0.29, 0.717) is 6.04 Å². The first-order chi connectivity index (χ1) is 9.33. The summed E-state index contributed by atoms with van der Waals surface area (Å²) in [5.41, 5.74) is 1.19. The van der Waals surface area contributed by atoms with E-state index in [9.17, 15) is 0 Å². The fraction of sp³-hybridized carbons (Fsp3) is 0.500. The van der Waals surface area contributed by atoms with Crippen molar-refractivity contribution in [2.24, 2.45) is 0 Å². The van der Waals surface area contributed by atoms with Crippen molar-refractivity contribution in [2.75, 3.05) is 13.2 Å². The van der Waals surface area contributed by atoms with Crippen LogP contribution in [0.2, 0.25) is 0 Å². The van der Waals surface area contributed by atoms with Crippen molar-refractivity contribution in [3.05, 3.63) is 23.8 Å². The smallest absolute Gasteiger partial charge is 0.161 e. The second kappa shape index (κ2) is 7.06. The molecule has 3 heteroatoms. The lowest BCUT2D eigenvalue weighted by atomic mass is 10.1. The summed E-state index contributed by atoms with van der Waals surface area (Å²) in [6, 6.07) is 6.49. The number of benzene rings is 1. The number of fused-ring (bicyclic) bond motifs is 1. The molecule has 0 radical (unpaired) electrons.